The fourth-order valence-corrected chi connectivity index (χ4v) is 1.91. The summed E-state index contributed by atoms with van der Waals surface area (Å²) < 4.78 is -0.160. The molecule has 3 atom stereocenters. The molecule has 94 valence electrons. The smallest absolute Gasteiger partial charge is 0.0644 e. The van der Waals surface area contributed by atoms with Gasteiger partial charge in [-0.1, -0.05) is 45.1 Å². The number of dihydropyridines is 1. The Bertz CT molecular complexity index is 350. The molecule has 0 fully saturated rings. The normalized spacial score (nSPS) is 34.9. The topological polar surface area (TPSA) is 12.4 Å². The zero-order chi connectivity index (χ0) is 13.1. The quantitative estimate of drug-likeness (QED) is 0.617. The van der Waals surface area contributed by atoms with Crippen LogP contribution < -0.4 is 0 Å². The van der Waals surface area contributed by atoms with E-state index >= 15 is 0 Å². The molecule has 0 bridgehead atoms. The van der Waals surface area contributed by atoms with Gasteiger partial charge in [-0.3, -0.25) is 4.99 Å². The Hall–Kier alpha value is -0.760. The van der Waals surface area contributed by atoms with E-state index in [9.17, 15) is 0 Å². The van der Waals surface area contributed by atoms with Gasteiger partial charge in [-0.2, -0.15) is 12.6 Å². The van der Waals surface area contributed by atoms with Gasteiger partial charge in [0.15, 0.2) is 0 Å². The number of thiol groups is 1. The Morgan fingerprint density at radius 2 is 1.76 bits per heavy atom. The van der Waals surface area contributed by atoms with Crippen LogP contribution in [-0.2, 0) is 0 Å². The zero-order valence-corrected chi connectivity index (χ0v) is 12.3. The van der Waals surface area contributed by atoms with Gasteiger partial charge in [-0.25, -0.2) is 0 Å². The Morgan fingerprint density at radius 1 is 1.18 bits per heavy atom. The fraction of sp³-hybridized carbons (Fsp3) is 0.533. The van der Waals surface area contributed by atoms with Crippen molar-refractivity contribution in [2.45, 2.75) is 45.4 Å². The molecule has 2 heteroatoms. The third-order valence-electron chi connectivity index (χ3n) is 3.02. The molecule has 0 aromatic carbocycles. The Morgan fingerprint density at radius 3 is 2.41 bits per heavy atom. The molecule has 0 aromatic rings. The van der Waals surface area contributed by atoms with Gasteiger partial charge in [0.25, 0.3) is 0 Å². The Kier molecular flexibility index (Phi) is 4.81. The largest absolute Gasteiger partial charge is 0.281 e. The van der Waals surface area contributed by atoms with E-state index in [2.05, 4.69) is 68.8 Å². The van der Waals surface area contributed by atoms with Crippen molar-refractivity contribution in [1.29, 1.82) is 0 Å². The highest BCUT2D eigenvalue weighted by Gasteiger charge is 2.21. The van der Waals surface area contributed by atoms with Crippen molar-refractivity contribution in [3.63, 3.8) is 0 Å². The van der Waals surface area contributed by atoms with Gasteiger partial charge in [0.1, 0.15) is 0 Å². The number of rotatable bonds is 0. The molecule has 0 spiro atoms. The highest BCUT2D eigenvalue weighted by molar-refractivity contribution is 7.82. The molecule has 0 amide bonds. The van der Waals surface area contributed by atoms with Crippen LogP contribution in [0.2, 0.25) is 0 Å². The Balaban J connectivity index is 0.000000686. The molecule has 1 aliphatic heterocycles. The lowest BCUT2D eigenvalue weighted by atomic mass is 9.94. The lowest BCUT2D eigenvalue weighted by molar-refractivity contribution is 0.577. The van der Waals surface area contributed by atoms with Crippen LogP contribution in [0.3, 0.4) is 0 Å². The monoisotopic (exact) mass is 249 g/mol. The van der Waals surface area contributed by atoms with Crippen LogP contribution in [0.5, 0.6) is 0 Å². The second-order valence-electron chi connectivity index (χ2n) is 4.63. The van der Waals surface area contributed by atoms with Crippen molar-refractivity contribution in [1.82, 2.24) is 0 Å². The zero-order valence-electron chi connectivity index (χ0n) is 11.4. The van der Waals surface area contributed by atoms with Crippen molar-refractivity contribution < 1.29 is 0 Å². The van der Waals surface area contributed by atoms with E-state index in [1.54, 1.807) is 0 Å². The first-order chi connectivity index (χ1) is 7.98. The second-order valence-corrected chi connectivity index (χ2v) is 5.59. The molecular formula is C15H23NS. The maximum absolute atomic E-state index is 4.69. The molecule has 2 rings (SSSR count). The molecule has 0 N–H and O–H groups in total. The molecular weight excluding hydrogens is 226 g/mol. The average Bonchev–Trinajstić information content (AvgIpc) is 2.44. The summed E-state index contributed by atoms with van der Waals surface area (Å²) in [6.45, 7) is 10.4. The summed E-state index contributed by atoms with van der Waals surface area (Å²) in [5.41, 5.74) is 2.32. The van der Waals surface area contributed by atoms with Crippen LogP contribution in [0.4, 0.5) is 0 Å². The van der Waals surface area contributed by atoms with Gasteiger partial charge in [-0.15, -0.1) is 0 Å². The molecule has 0 radical (unpaired) electrons. The molecule has 1 heterocycles. The highest BCUT2D eigenvalue weighted by atomic mass is 32.1. The van der Waals surface area contributed by atoms with E-state index in [4.69, 9.17) is 0 Å². The minimum absolute atomic E-state index is 0.160. The predicted molar refractivity (Wildman–Crippen MR) is 81.2 cm³/mol. The summed E-state index contributed by atoms with van der Waals surface area (Å²) in [6.07, 6.45) is 10.7. The SMILES string of the molecule is CC.CC1C=C2C=CC(C)(S)C=CC2=NC1C. The summed E-state index contributed by atoms with van der Waals surface area (Å²) in [5, 5.41) is 0. The number of aliphatic imine (C=N–C) groups is 1. The van der Waals surface area contributed by atoms with Crippen molar-refractivity contribution in [3.05, 3.63) is 36.0 Å². The van der Waals surface area contributed by atoms with Gasteiger partial charge in [-0.05, 0) is 31.4 Å². The van der Waals surface area contributed by atoms with E-state index in [1.807, 2.05) is 13.8 Å². The first-order valence-electron chi connectivity index (χ1n) is 6.39. The maximum atomic E-state index is 4.69. The van der Waals surface area contributed by atoms with Crippen LogP contribution in [0, 0.1) is 5.92 Å². The average molecular weight is 249 g/mol. The first-order valence-corrected chi connectivity index (χ1v) is 6.83. The van der Waals surface area contributed by atoms with Crippen molar-refractivity contribution in [3.8, 4) is 0 Å². The second kappa shape index (κ2) is 5.72. The molecule has 1 aliphatic carbocycles. The lowest BCUT2D eigenvalue weighted by Crippen LogP contribution is -2.18. The standard InChI is InChI=1S/C13H17NS.C2H6/c1-9-8-11-4-6-13(3,15)7-5-12(11)14-10(9)2;1-2/h4-10,15H,1-3H3;1-2H3. The molecule has 17 heavy (non-hydrogen) atoms. The number of hydrogen-bond acceptors (Lipinski definition) is 2. The summed E-state index contributed by atoms with van der Waals surface area (Å²) in [6, 6.07) is 0.381. The summed E-state index contributed by atoms with van der Waals surface area (Å²) >= 11 is 4.56. The number of hydrogen-bond donors (Lipinski definition) is 1. The predicted octanol–water partition coefficient (Wildman–Crippen LogP) is 4.23. The molecule has 0 aromatic heterocycles. The third kappa shape index (κ3) is 3.60. The van der Waals surface area contributed by atoms with Crippen molar-refractivity contribution in [2.75, 3.05) is 0 Å². The molecule has 1 nitrogen and oxygen atoms in total. The van der Waals surface area contributed by atoms with Crippen molar-refractivity contribution in [2.24, 2.45) is 10.9 Å². The van der Waals surface area contributed by atoms with Crippen LogP contribution in [0.25, 0.3) is 0 Å². The van der Waals surface area contributed by atoms with E-state index in [0.717, 1.165) is 5.71 Å². The van der Waals surface area contributed by atoms with Crippen LogP contribution in [0.15, 0.2) is 40.9 Å². The number of nitrogens with zero attached hydrogens (tertiary/aromatic N) is 1. The van der Waals surface area contributed by atoms with Gasteiger partial charge in [0, 0.05) is 4.75 Å². The molecule has 0 saturated heterocycles. The molecule has 3 unspecified atom stereocenters. The van der Waals surface area contributed by atoms with E-state index in [1.165, 1.54) is 5.57 Å². The third-order valence-corrected chi connectivity index (χ3v) is 3.32. The summed E-state index contributed by atoms with van der Waals surface area (Å²) in [4.78, 5) is 4.69. The summed E-state index contributed by atoms with van der Waals surface area (Å²) in [7, 11) is 0. The lowest BCUT2D eigenvalue weighted by Gasteiger charge is -2.20. The van der Waals surface area contributed by atoms with Gasteiger partial charge in [0.2, 0.25) is 0 Å². The van der Waals surface area contributed by atoms with Crippen LogP contribution >= 0.6 is 12.6 Å². The number of allylic oxidation sites excluding steroid dienone is 3. The van der Waals surface area contributed by atoms with E-state index < -0.39 is 0 Å². The van der Waals surface area contributed by atoms with Crippen LogP contribution in [0.1, 0.15) is 34.6 Å². The van der Waals surface area contributed by atoms with Gasteiger partial charge >= 0.3 is 0 Å². The molecule has 2 aliphatic rings. The maximum Gasteiger partial charge on any atom is 0.0644 e. The van der Waals surface area contributed by atoms with Crippen LogP contribution in [-0.4, -0.2) is 16.5 Å². The van der Waals surface area contributed by atoms with E-state index in [-0.39, 0.29) is 4.75 Å². The Labute approximate surface area is 111 Å². The van der Waals surface area contributed by atoms with Gasteiger partial charge < -0.3 is 0 Å². The number of fused-ring (bicyclic) bond motifs is 1. The van der Waals surface area contributed by atoms with Crippen molar-refractivity contribution >= 4 is 18.3 Å². The van der Waals surface area contributed by atoms with Gasteiger partial charge in [0.05, 0.1) is 11.8 Å². The fourth-order valence-electron chi connectivity index (χ4n) is 1.76. The van der Waals surface area contributed by atoms with E-state index in [0.29, 0.717) is 12.0 Å². The highest BCUT2D eigenvalue weighted by Crippen LogP contribution is 2.26. The summed E-state index contributed by atoms with van der Waals surface area (Å²) in [5.74, 6) is 0.520. The minimum Gasteiger partial charge on any atom is -0.281 e. The molecule has 0 saturated carbocycles. The minimum atomic E-state index is -0.160. The first kappa shape index (κ1) is 14.3.